The van der Waals surface area contributed by atoms with E-state index in [0.717, 1.165) is 5.92 Å². The van der Waals surface area contributed by atoms with E-state index >= 15 is 0 Å². The van der Waals surface area contributed by atoms with Gasteiger partial charge < -0.3 is 0 Å². The largest absolute Gasteiger partial charge is 0.0879 e. The molecule has 0 aromatic heterocycles. The van der Waals surface area contributed by atoms with Crippen molar-refractivity contribution in [2.75, 3.05) is 0 Å². The van der Waals surface area contributed by atoms with Crippen LogP contribution in [-0.2, 0) is 0 Å². The minimum absolute atomic E-state index is 0.816. The topological polar surface area (TPSA) is 0 Å². The predicted molar refractivity (Wildman–Crippen MR) is 45.7 cm³/mol. The summed E-state index contributed by atoms with van der Waals surface area (Å²) < 4.78 is 0. The van der Waals surface area contributed by atoms with E-state index in [4.69, 9.17) is 0 Å². The Bertz CT molecular complexity index is 113. The van der Waals surface area contributed by atoms with Crippen LogP contribution in [-0.4, -0.2) is 0 Å². The molecule has 1 radical (unpaired) electrons. The van der Waals surface area contributed by atoms with E-state index in [9.17, 15) is 0 Å². The number of allylic oxidation sites excluding steroid dienone is 2. The Balaban J connectivity index is 2.38. The smallest absolute Gasteiger partial charge is 0.0000813 e. The number of hydrogen-bond donors (Lipinski definition) is 0. The Hall–Kier alpha value is -0.260. The van der Waals surface area contributed by atoms with Crippen LogP contribution in [0, 0.1) is 11.8 Å². The molecule has 0 aliphatic heterocycles. The van der Waals surface area contributed by atoms with Gasteiger partial charge in [-0.3, -0.25) is 0 Å². The maximum Gasteiger partial charge on any atom is 0.0000813 e. The maximum absolute atomic E-state index is 2.33. The Morgan fingerprint density at radius 2 is 2.40 bits per heavy atom. The van der Waals surface area contributed by atoms with Gasteiger partial charge in [-0.15, -0.1) is 0 Å². The molecule has 0 amide bonds. The van der Waals surface area contributed by atoms with Gasteiger partial charge in [0.05, 0.1) is 0 Å². The van der Waals surface area contributed by atoms with Gasteiger partial charge in [-0.25, -0.2) is 0 Å². The van der Waals surface area contributed by atoms with Crippen LogP contribution in [0.15, 0.2) is 12.2 Å². The Kier molecular flexibility index (Phi) is 2.98. The molecule has 1 rings (SSSR count). The summed E-state index contributed by atoms with van der Waals surface area (Å²) in [6, 6.07) is 0. The van der Waals surface area contributed by atoms with Gasteiger partial charge in [-0.05, 0) is 25.2 Å². The van der Waals surface area contributed by atoms with E-state index in [1.165, 1.54) is 25.7 Å². The lowest BCUT2D eigenvalue weighted by molar-refractivity contribution is 0.543. The first-order valence-electron chi connectivity index (χ1n) is 4.37. The summed E-state index contributed by atoms with van der Waals surface area (Å²) in [4.78, 5) is 0. The second-order valence-corrected chi connectivity index (χ2v) is 3.18. The summed E-state index contributed by atoms with van der Waals surface area (Å²) >= 11 is 0. The van der Waals surface area contributed by atoms with Gasteiger partial charge in [-0.2, -0.15) is 0 Å². The highest BCUT2D eigenvalue weighted by Gasteiger charge is 2.14. The molecule has 0 saturated carbocycles. The second kappa shape index (κ2) is 3.80. The van der Waals surface area contributed by atoms with Crippen molar-refractivity contribution in [2.45, 2.75) is 39.5 Å². The normalized spacial score (nSPS) is 23.0. The number of hydrogen-bond acceptors (Lipinski definition) is 0. The van der Waals surface area contributed by atoms with Crippen molar-refractivity contribution >= 4 is 0 Å². The lowest BCUT2D eigenvalue weighted by atomic mass is 9.84. The second-order valence-electron chi connectivity index (χ2n) is 3.18. The lowest BCUT2D eigenvalue weighted by Gasteiger charge is -2.21. The molecule has 1 unspecified atom stereocenters. The average Bonchev–Trinajstić information content (AvgIpc) is 2.05. The van der Waals surface area contributed by atoms with Gasteiger partial charge in [0, 0.05) is 5.92 Å². The molecule has 0 heterocycles. The van der Waals surface area contributed by atoms with Crippen molar-refractivity contribution in [2.24, 2.45) is 5.92 Å². The van der Waals surface area contributed by atoms with Crippen molar-refractivity contribution in [1.29, 1.82) is 0 Å². The molecule has 1 aliphatic rings. The molecule has 0 fully saturated rings. The summed E-state index contributed by atoms with van der Waals surface area (Å²) in [7, 11) is 0. The third-order valence-corrected chi connectivity index (χ3v) is 2.41. The molecular weight excluding hydrogens is 120 g/mol. The van der Waals surface area contributed by atoms with Crippen LogP contribution < -0.4 is 0 Å². The van der Waals surface area contributed by atoms with Crippen LogP contribution in [0.1, 0.15) is 39.5 Å². The van der Waals surface area contributed by atoms with E-state index in [1.807, 2.05) is 0 Å². The Labute approximate surface area is 64.3 Å². The minimum Gasteiger partial charge on any atom is -0.0879 e. The molecule has 1 atom stereocenters. The van der Waals surface area contributed by atoms with Crippen molar-refractivity contribution < 1.29 is 0 Å². The van der Waals surface area contributed by atoms with Crippen LogP contribution in [0.4, 0.5) is 0 Å². The molecule has 0 aromatic carbocycles. The monoisotopic (exact) mass is 137 g/mol. The third-order valence-electron chi connectivity index (χ3n) is 2.41. The van der Waals surface area contributed by atoms with E-state index in [-0.39, 0.29) is 0 Å². The first-order chi connectivity index (χ1) is 4.84. The van der Waals surface area contributed by atoms with Crippen LogP contribution in [0.2, 0.25) is 0 Å². The molecule has 0 bridgehead atoms. The SMILES string of the molecule is CCC(C)[C]1C=CCCC1. The quantitative estimate of drug-likeness (QED) is 0.547. The standard InChI is InChI=1S/C10H17/c1-3-9(2)10-7-5-4-6-8-10/h5,7,9H,3-4,6,8H2,1-2H3. The molecule has 0 nitrogen and oxygen atoms in total. The predicted octanol–water partition coefficient (Wildman–Crippen LogP) is 3.35. The van der Waals surface area contributed by atoms with Gasteiger partial charge in [0.15, 0.2) is 0 Å². The average molecular weight is 137 g/mol. The molecule has 0 aromatic rings. The number of rotatable bonds is 2. The molecule has 0 heteroatoms. The highest BCUT2D eigenvalue weighted by Crippen LogP contribution is 2.28. The minimum atomic E-state index is 0.816. The van der Waals surface area contributed by atoms with E-state index in [0.29, 0.717) is 0 Å². The lowest BCUT2D eigenvalue weighted by Crippen LogP contribution is -2.07. The zero-order chi connectivity index (χ0) is 7.40. The van der Waals surface area contributed by atoms with Gasteiger partial charge in [0.2, 0.25) is 0 Å². The van der Waals surface area contributed by atoms with Gasteiger partial charge in [-0.1, -0.05) is 32.4 Å². The third kappa shape index (κ3) is 1.86. The van der Waals surface area contributed by atoms with Crippen molar-refractivity contribution in [3.63, 3.8) is 0 Å². The van der Waals surface area contributed by atoms with Gasteiger partial charge in [0.1, 0.15) is 0 Å². The van der Waals surface area contributed by atoms with Crippen LogP contribution >= 0.6 is 0 Å². The summed E-state index contributed by atoms with van der Waals surface area (Å²) in [6.07, 6.45) is 9.93. The molecular formula is C10H17. The molecule has 0 N–H and O–H groups in total. The highest BCUT2D eigenvalue weighted by atomic mass is 14.2. The van der Waals surface area contributed by atoms with Crippen molar-refractivity contribution in [3.8, 4) is 0 Å². The molecule has 10 heavy (non-hydrogen) atoms. The fraction of sp³-hybridized carbons (Fsp3) is 0.700. The van der Waals surface area contributed by atoms with Crippen LogP contribution in [0.25, 0.3) is 0 Å². The molecule has 0 saturated heterocycles. The summed E-state index contributed by atoms with van der Waals surface area (Å²) in [5.41, 5.74) is 0. The Morgan fingerprint density at radius 3 is 2.90 bits per heavy atom. The molecule has 1 aliphatic carbocycles. The van der Waals surface area contributed by atoms with Crippen molar-refractivity contribution in [1.82, 2.24) is 0 Å². The van der Waals surface area contributed by atoms with E-state index in [1.54, 1.807) is 5.92 Å². The molecule has 57 valence electrons. The fourth-order valence-corrected chi connectivity index (χ4v) is 1.41. The van der Waals surface area contributed by atoms with Crippen LogP contribution in [0.3, 0.4) is 0 Å². The maximum atomic E-state index is 2.33. The highest BCUT2D eigenvalue weighted by molar-refractivity contribution is 5.15. The Morgan fingerprint density at radius 1 is 1.60 bits per heavy atom. The zero-order valence-corrected chi connectivity index (χ0v) is 7.06. The van der Waals surface area contributed by atoms with Crippen molar-refractivity contribution in [3.05, 3.63) is 18.1 Å². The van der Waals surface area contributed by atoms with Gasteiger partial charge in [0.25, 0.3) is 0 Å². The first-order valence-corrected chi connectivity index (χ1v) is 4.37. The summed E-state index contributed by atoms with van der Waals surface area (Å²) in [6.45, 7) is 4.59. The van der Waals surface area contributed by atoms with E-state index < -0.39 is 0 Å². The van der Waals surface area contributed by atoms with Gasteiger partial charge >= 0.3 is 0 Å². The fourth-order valence-electron chi connectivity index (χ4n) is 1.41. The first kappa shape index (κ1) is 7.84. The summed E-state index contributed by atoms with van der Waals surface area (Å²) in [5, 5.41) is 0. The van der Waals surface area contributed by atoms with Crippen LogP contribution in [0.5, 0.6) is 0 Å². The molecule has 0 spiro atoms. The zero-order valence-electron chi connectivity index (χ0n) is 7.06. The van der Waals surface area contributed by atoms with E-state index in [2.05, 4.69) is 26.0 Å². The summed E-state index contributed by atoms with van der Waals surface area (Å²) in [5.74, 6) is 2.48.